The fourth-order valence-electron chi connectivity index (χ4n) is 1.74. The second-order valence-corrected chi connectivity index (χ2v) is 4.31. The van der Waals surface area contributed by atoms with Gasteiger partial charge in [-0.1, -0.05) is 0 Å². The van der Waals surface area contributed by atoms with Crippen molar-refractivity contribution in [1.82, 2.24) is 4.98 Å². The van der Waals surface area contributed by atoms with Crippen LogP contribution in [-0.2, 0) is 0 Å². The van der Waals surface area contributed by atoms with E-state index in [1.165, 1.54) is 5.69 Å². The van der Waals surface area contributed by atoms with Gasteiger partial charge in [0, 0.05) is 36.0 Å². The first-order valence-electron chi connectivity index (χ1n) is 5.46. The molecule has 1 aromatic carbocycles. The summed E-state index contributed by atoms with van der Waals surface area (Å²) in [5, 5.41) is 1.15. The molecule has 84 valence electrons. The predicted octanol–water partition coefficient (Wildman–Crippen LogP) is 2.66. The van der Waals surface area contributed by atoms with Gasteiger partial charge in [0.05, 0.1) is 5.52 Å². The number of hydrogen-bond donors (Lipinski definition) is 1. The molecule has 2 rings (SSSR count). The van der Waals surface area contributed by atoms with Gasteiger partial charge in [0.25, 0.3) is 0 Å². The number of fused-ring (bicyclic) bond motifs is 1. The van der Waals surface area contributed by atoms with Crippen molar-refractivity contribution in [2.75, 3.05) is 17.7 Å². The molecule has 0 aliphatic heterocycles. The van der Waals surface area contributed by atoms with E-state index < -0.39 is 0 Å². The Labute approximate surface area is 95.9 Å². The third kappa shape index (κ3) is 1.81. The average molecular weight is 215 g/mol. The van der Waals surface area contributed by atoms with Crippen molar-refractivity contribution >= 4 is 22.3 Å². The Morgan fingerprint density at radius 1 is 1.25 bits per heavy atom. The summed E-state index contributed by atoms with van der Waals surface area (Å²) >= 11 is 0. The van der Waals surface area contributed by atoms with Gasteiger partial charge in [-0.2, -0.15) is 0 Å². The first kappa shape index (κ1) is 10.7. The maximum Gasteiger partial charge on any atom is 0.0743 e. The average Bonchev–Trinajstić information content (AvgIpc) is 2.26. The first-order valence-corrected chi connectivity index (χ1v) is 5.46. The molecule has 0 unspecified atom stereocenters. The zero-order valence-electron chi connectivity index (χ0n) is 9.94. The van der Waals surface area contributed by atoms with Gasteiger partial charge < -0.3 is 10.6 Å². The molecule has 0 spiro atoms. The van der Waals surface area contributed by atoms with Crippen molar-refractivity contribution in [3.63, 3.8) is 0 Å². The number of nitrogens with two attached hydrogens (primary N) is 1. The molecule has 0 radical (unpaired) electrons. The number of benzene rings is 1. The van der Waals surface area contributed by atoms with Gasteiger partial charge in [0.1, 0.15) is 0 Å². The molecule has 2 N–H and O–H groups in total. The molecule has 1 heterocycles. The van der Waals surface area contributed by atoms with E-state index in [-0.39, 0.29) is 0 Å². The van der Waals surface area contributed by atoms with Crippen molar-refractivity contribution in [3.05, 3.63) is 30.5 Å². The summed E-state index contributed by atoms with van der Waals surface area (Å²) in [6.45, 7) is 4.34. The van der Waals surface area contributed by atoms with Crippen LogP contribution in [0.2, 0.25) is 0 Å². The molecule has 0 saturated heterocycles. The Morgan fingerprint density at radius 2 is 2.00 bits per heavy atom. The van der Waals surface area contributed by atoms with Crippen LogP contribution in [0.1, 0.15) is 13.8 Å². The van der Waals surface area contributed by atoms with E-state index in [1.54, 1.807) is 0 Å². The molecule has 0 aliphatic carbocycles. The van der Waals surface area contributed by atoms with Gasteiger partial charge in [-0.05, 0) is 38.1 Å². The number of anilines is 2. The van der Waals surface area contributed by atoms with Crippen LogP contribution in [0.4, 0.5) is 11.4 Å². The maximum absolute atomic E-state index is 5.76. The molecule has 0 aliphatic rings. The number of nitrogen functional groups attached to an aromatic ring is 1. The summed E-state index contributed by atoms with van der Waals surface area (Å²) < 4.78 is 0. The predicted molar refractivity (Wildman–Crippen MR) is 69.7 cm³/mol. The van der Waals surface area contributed by atoms with Gasteiger partial charge >= 0.3 is 0 Å². The molecular weight excluding hydrogens is 198 g/mol. The standard InChI is InChI=1S/C13H17N3/c1-9(2)16(3)13-6-7-15-12-8-10(14)4-5-11(12)13/h4-9H,14H2,1-3H3. The van der Waals surface area contributed by atoms with Crippen molar-refractivity contribution in [1.29, 1.82) is 0 Å². The lowest BCUT2D eigenvalue weighted by atomic mass is 10.1. The summed E-state index contributed by atoms with van der Waals surface area (Å²) in [6.07, 6.45) is 1.83. The lowest BCUT2D eigenvalue weighted by molar-refractivity contribution is 0.757. The summed E-state index contributed by atoms with van der Waals surface area (Å²) in [4.78, 5) is 6.57. The lowest BCUT2D eigenvalue weighted by Gasteiger charge is -2.25. The minimum atomic E-state index is 0.461. The van der Waals surface area contributed by atoms with Crippen LogP contribution in [0.25, 0.3) is 10.9 Å². The number of rotatable bonds is 2. The largest absolute Gasteiger partial charge is 0.399 e. The highest BCUT2D eigenvalue weighted by Crippen LogP contribution is 2.26. The summed E-state index contributed by atoms with van der Waals surface area (Å²) in [7, 11) is 2.09. The normalized spacial score (nSPS) is 11.0. The molecule has 0 fully saturated rings. The molecule has 0 amide bonds. The van der Waals surface area contributed by atoms with Gasteiger partial charge in [-0.25, -0.2) is 0 Å². The Kier molecular flexibility index (Phi) is 2.69. The van der Waals surface area contributed by atoms with Gasteiger partial charge in [0.15, 0.2) is 0 Å². The molecule has 16 heavy (non-hydrogen) atoms. The highest BCUT2D eigenvalue weighted by molar-refractivity contribution is 5.93. The zero-order valence-corrected chi connectivity index (χ0v) is 9.94. The first-order chi connectivity index (χ1) is 7.59. The SMILES string of the molecule is CC(C)N(C)c1ccnc2cc(N)ccc12. The van der Waals surface area contributed by atoms with Crippen LogP contribution in [0.15, 0.2) is 30.5 Å². The number of hydrogen-bond acceptors (Lipinski definition) is 3. The fourth-order valence-corrected chi connectivity index (χ4v) is 1.74. The number of nitrogens with zero attached hydrogens (tertiary/aromatic N) is 2. The summed E-state index contributed by atoms with van der Waals surface area (Å²) in [6, 6.07) is 8.36. The number of aromatic nitrogens is 1. The van der Waals surface area contributed by atoms with Gasteiger partial charge in [-0.3, -0.25) is 4.98 Å². The topological polar surface area (TPSA) is 42.2 Å². The van der Waals surface area contributed by atoms with E-state index >= 15 is 0 Å². The van der Waals surface area contributed by atoms with Crippen molar-refractivity contribution in [3.8, 4) is 0 Å². The Bertz CT molecular complexity index is 506. The molecule has 3 nitrogen and oxygen atoms in total. The molecule has 3 heteroatoms. The van der Waals surface area contributed by atoms with Gasteiger partial charge in [-0.15, -0.1) is 0 Å². The Morgan fingerprint density at radius 3 is 2.69 bits per heavy atom. The molecule has 0 atom stereocenters. The van der Waals surface area contributed by atoms with Crippen LogP contribution < -0.4 is 10.6 Å². The fraction of sp³-hybridized carbons (Fsp3) is 0.308. The van der Waals surface area contributed by atoms with Crippen LogP contribution in [0.5, 0.6) is 0 Å². The quantitative estimate of drug-likeness (QED) is 0.783. The third-order valence-electron chi connectivity index (χ3n) is 2.90. The van der Waals surface area contributed by atoms with E-state index in [4.69, 9.17) is 5.73 Å². The van der Waals surface area contributed by atoms with Crippen LogP contribution in [-0.4, -0.2) is 18.1 Å². The van der Waals surface area contributed by atoms with Crippen molar-refractivity contribution in [2.24, 2.45) is 0 Å². The highest BCUT2D eigenvalue weighted by Gasteiger charge is 2.09. The minimum absolute atomic E-state index is 0.461. The van der Waals surface area contributed by atoms with E-state index in [1.807, 2.05) is 30.5 Å². The molecule has 0 saturated carbocycles. The van der Waals surface area contributed by atoms with E-state index in [0.717, 1.165) is 16.6 Å². The molecular formula is C13H17N3. The summed E-state index contributed by atoms with van der Waals surface area (Å²) in [5.41, 5.74) is 8.65. The highest BCUT2D eigenvalue weighted by atomic mass is 15.1. The maximum atomic E-state index is 5.76. The zero-order chi connectivity index (χ0) is 11.7. The Balaban J connectivity index is 2.62. The second kappa shape index (κ2) is 4.00. The van der Waals surface area contributed by atoms with Crippen LogP contribution in [0.3, 0.4) is 0 Å². The van der Waals surface area contributed by atoms with E-state index in [2.05, 4.69) is 30.8 Å². The van der Waals surface area contributed by atoms with Crippen LogP contribution >= 0.6 is 0 Å². The van der Waals surface area contributed by atoms with Crippen molar-refractivity contribution < 1.29 is 0 Å². The molecule has 2 aromatic rings. The molecule has 1 aromatic heterocycles. The monoisotopic (exact) mass is 215 g/mol. The Hall–Kier alpha value is -1.77. The van der Waals surface area contributed by atoms with E-state index in [9.17, 15) is 0 Å². The van der Waals surface area contributed by atoms with Crippen LogP contribution in [0, 0.1) is 0 Å². The second-order valence-electron chi connectivity index (χ2n) is 4.31. The van der Waals surface area contributed by atoms with E-state index in [0.29, 0.717) is 6.04 Å². The minimum Gasteiger partial charge on any atom is -0.399 e. The third-order valence-corrected chi connectivity index (χ3v) is 2.90. The van der Waals surface area contributed by atoms with Gasteiger partial charge in [0.2, 0.25) is 0 Å². The lowest BCUT2D eigenvalue weighted by Crippen LogP contribution is -2.25. The summed E-state index contributed by atoms with van der Waals surface area (Å²) in [5.74, 6) is 0. The smallest absolute Gasteiger partial charge is 0.0743 e. The van der Waals surface area contributed by atoms with Crippen molar-refractivity contribution in [2.45, 2.75) is 19.9 Å². The molecule has 0 bridgehead atoms. The number of pyridine rings is 1.